The number of rotatable bonds is 5. The molecule has 2 aromatic rings. The Balaban J connectivity index is 2.27. The van der Waals surface area contributed by atoms with E-state index in [1.807, 2.05) is 0 Å². The molecule has 1 aromatic carbocycles. The number of hydrogen-bond acceptors (Lipinski definition) is 5. The normalized spacial score (nSPS) is 10.2. The average molecular weight is 387 g/mol. The third kappa shape index (κ3) is 5.01. The fourth-order valence-electron chi connectivity index (χ4n) is 1.87. The smallest absolute Gasteiger partial charge is 0.407 e. The molecule has 0 aliphatic heterocycles. The molecule has 0 aliphatic rings. The number of ether oxygens (including phenoxy) is 2. The maximum atomic E-state index is 11.3. The van der Waals surface area contributed by atoms with Gasteiger partial charge >= 0.3 is 12.2 Å². The van der Waals surface area contributed by atoms with E-state index in [2.05, 4.69) is 15.7 Å². The van der Waals surface area contributed by atoms with Crippen LogP contribution in [0.2, 0.25) is 10.0 Å². The van der Waals surface area contributed by atoms with Gasteiger partial charge in [0.1, 0.15) is 18.9 Å². The van der Waals surface area contributed by atoms with Gasteiger partial charge in [-0.25, -0.2) is 14.3 Å². The SMILES string of the molecule is CNC(=O)OCc1cn(-c2ccc(Cl)c(Cl)c2)nc1COC(=O)NC. The van der Waals surface area contributed by atoms with E-state index in [0.717, 1.165) is 0 Å². The van der Waals surface area contributed by atoms with E-state index < -0.39 is 12.2 Å². The Morgan fingerprint density at radius 1 is 1.08 bits per heavy atom. The summed E-state index contributed by atoms with van der Waals surface area (Å²) in [4.78, 5) is 22.6. The molecule has 1 heterocycles. The van der Waals surface area contributed by atoms with Gasteiger partial charge in [-0.05, 0) is 18.2 Å². The molecule has 10 heteroatoms. The Labute approximate surface area is 154 Å². The highest BCUT2D eigenvalue weighted by atomic mass is 35.5. The molecular weight excluding hydrogens is 371 g/mol. The summed E-state index contributed by atoms with van der Waals surface area (Å²) in [5, 5.41) is 9.85. The van der Waals surface area contributed by atoms with Crippen LogP contribution in [0.4, 0.5) is 9.59 Å². The Morgan fingerprint density at radius 2 is 1.72 bits per heavy atom. The number of carbonyl (C=O) groups excluding carboxylic acids is 2. The van der Waals surface area contributed by atoms with Crippen LogP contribution in [0.15, 0.2) is 24.4 Å². The molecule has 2 amide bonds. The molecule has 0 fully saturated rings. The van der Waals surface area contributed by atoms with Gasteiger partial charge in [-0.15, -0.1) is 0 Å². The lowest BCUT2D eigenvalue weighted by atomic mass is 10.2. The van der Waals surface area contributed by atoms with Crippen molar-refractivity contribution >= 4 is 35.4 Å². The van der Waals surface area contributed by atoms with Crippen LogP contribution in [0.25, 0.3) is 5.69 Å². The number of halogens is 2. The van der Waals surface area contributed by atoms with Crippen LogP contribution in [-0.4, -0.2) is 36.1 Å². The lowest BCUT2D eigenvalue weighted by Gasteiger charge is -2.05. The van der Waals surface area contributed by atoms with Crippen molar-refractivity contribution < 1.29 is 19.1 Å². The summed E-state index contributed by atoms with van der Waals surface area (Å²) in [5.41, 5.74) is 1.68. The largest absolute Gasteiger partial charge is 0.445 e. The van der Waals surface area contributed by atoms with Crippen molar-refractivity contribution in [3.05, 3.63) is 45.7 Å². The van der Waals surface area contributed by atoms with Crippen molar-refractivity contribution in [2.24, 2.45) is 0 Å². The summed E-state index contributed by atoms with van der Waals surface area (Å²) in [6.07, 6.45) is 0.480. The molecule has 8 nitrogen and oxygen atoms in total. The molecule has 25 heavy (non-hydrogen) atoms. The fraction of sp³-hybridized carbons (Fsp3) is 0.267. The van der Waals surface area contributed by atoms with E-state index in [9.17, 15) is 9.59 Å². The van der Waals surface area contributed by atoms with E-state index >= 15 is 0 Å². The highest BCUT2D eigenvalue weighted by Crippen LogP contribution is 2.25. The first-order valence-corrected chi connectivity index (χ1v) is 7.92. The molecule has 0 bridgehead atoms. The lowest BCUT2D eigenvalue weighted by Crippen LogP contribution is -2.20. The molecule has 2 rings (SSSR count). The Kier molecular flexibility index (Phi) is 6.49. The number of nitrogens with one attached hydrogen (secondary N) is 2. The molecule has 0 atom stereocenters. The first-order valence-electron chi connectivity index (χ1n) is 7.16. The summed E-state index contributed by atoms with van der Waals surface area (Å²) in [7, 11) is 2.91. The quantitative estimate of drug-likeness (QED) is 0.823. The molecule has 0 aliphatic carbocycles. The zero-order chi connectivity index (χ0) is 18.4. The lowest BCUT2D eigenvalue weighted by molar-refractivity contribution is 0.133. The summed E-state index contributed by atoms with van der Waals surface area (Å²) in [6, 6.07) is 5.01. The minimum absolute atomic E-state index is 0.0343. The van der Waals surface area contributed by atoms with Gasteiger partial charge in [0.2, 0.25) is 0 Å². The number of aromatic nitrogens is 2. The summed E-state index contributed by atoms with van der Waals surface area (Å²) < 4.78 is 11.6. The van der Waals surface area contributed by atoms with Crippen LogP contribution in [0, 0.1) is 0 Å². The second-order valence-electron chi connectivity index (χ2n) is 4.80. The third-order valence-electron chi connectivity index (χ3n) is 3.15. The second kappa shape index (κ2) is 8.59. The van der Waals surface area contributed by atoms with Crippen LogP contribution in [0.1, 0.15) is 11.3 Å². The van der Waals surface area contributed by atoms with Crippen molar-refractivity contribution in [2.45, 2.75) is 13.2 Å². The molecule has 0 saturated carbocycles. The minimum atomic E-state index is -0.595. The van der Waals surface area contributed by atoms with Crippen molar-refractivity contribution in [2.75, 3.05) is 14.1 Å². The van der Waals surface area contributed by atoms with Crippen LogP contribution in [0.5, 0.6) is 0 Å². The molecule has 0 unspecified atom stereocenters. The van der Waals surface area contributed by atoms with Crippen molar-refractivity contribution in [1.82, 2.24) is 20.4 Å². The van der Waals surface area contributed by atoms with E-state index in [-0.39, 0.29) is 13.2 Å². The van der Waals surface area contributed by atoms with E-state index in [0.29, 0.717) is 27.0 Å². The highest BCUT2D eigenvalue weighted by Gasteiger charge is 2.14. The Morgan fingerprint density at radius 3 is 2.32 bits per heavy atom. The predicted octanol–water partition coefficient (Wildman–Crippen LogP) is 2.89. The first kappa shape index (κ1) is 18.9. The van der Waals surface area contributed by atoms with Crippen molar-refractivity contribution in [1.29, 1.82) is 0 Å². The molecule has 0 saturated heterocycles. The maximum absolute atomic E-state index is 11.3. The van der Waals surface area contributed by atoms with Crippen molar-refractivity contribution in [3.63, 3.8) is 0 Å². The van der Waals surface area contributed by atoms with Gasteiger partial charge in [-0.2, -0.15) is 5.10 Å². The number of nitrogens with zero attached hydrogens (tertiary/aromatic N) is 2. The summed E-state index contributed by atoms with van der Waals surface area (Å²) in [6.45, 7) is -0.117. The predicted molar refractivity (Wildman–Crippen MR) is 92.1 cm³/mol. The number of carbonyl (C=O) groups is 2. The van der Waals surface area contributed by atoms with Gasteiger partial charge in [0, 0.05) is 25.9 Å². The van der Waals surface area contributed by atoms with Gasteiger partial charge in [-0.3, -0.25) is 0 Å². The third-order valence-corrected chi connectivity index (χ3v) is 3.89. The summed E-state index contributed by atoms with van der Waals surface area (Å²) in [5.74, 6) is 0. The van der Waals surface area contributed by atoms with Crippen LogP contribution in [-0.2, 0) is 22.7 Å². The Bertz CT molecular complexity index is 741. The molecule has 0 radical (unpaired) electrons. The second-order valence-corrected chi connectivity index (χ2v) is 5.61. The summed E-state index contributed by atoms with van der Waals surface area (Å²) >= 11 is 11.9. The Hall–Kier alpha value is -2.45. The standard InChI is InChI=1S/C15H16Cl2N4O4/c1-18-14(22)24-7-9-6-21(10-3-4-11(16)12(17)5-10)20-13(9)8-25-15(23)19-2/h3-6H,7-8H2,1-2H3,(H,18,22)(H,19,23). The molecule has 0 spiro atoms. The average Bonchev–Trinajstić information content (AvgIpc) is 3.02. The van der Waals surface area contributed by atoms with Gasteiger partial charge in [0.05, 0.1) is 15.7 Å². The highest BCUT2D eigenvalue weighted by molar-refractivity contribution is 6.42. The number of hydrogen-bond donors (Lipinski definition) is 2. The topological polar surface area (TPSA) is 94.5 Å². The number of alkyl carbamates (subject to hydrolysis) is 2. The van der Waals surface area contributed by atoms with Gasteiger partial charge < -0.3 is 20.1 Å². The monoisotopic (exact) mass is 386 g/mol. The van der Waals surface area contributed by atoms with Gasteiger partial charge in [0.15, 0.2) is 0 Å². The first-order chi connectivity index (χ1) is 11.9. The minimum Gasteiger partial charge on any atom is -0.445 e. The van der Waals surface area contributed by atoms with Crippen LogP contribution >= 0.6 is 23.2 Å². The maximum Gasteiger partial charge on any atom is 0.407 e. The molecule has 1 aromatic heterocycles. The van der Waals surface area contributed by atoms with Crippen LogP contribution in [0.3, 0.4) is 0 Å². The zero-order valence-electron chi connectivity index (χ0n) is 13.5. The van der Waals surface area contributed by atoms with Crippen molar-refractivity contribution in [3.8, 4) is 5.69 Å². The zero-order valence-corrected chi connectivity index (χ0v) is 15.0. The molecule has 2 N–H and O–H groups in total. The van der Waals surface area contributed by atoms with Gasteiger partial charge in [-0.1, -0.05) is 23.2 Å². The van der Waals surface area contributed by atoms with E-state index in [4.69, 9.17) is 32.7 Å². The fourth-order valence-corrected chi connectivity index (χ4v) is 2.16. The number of amides is 2. The number of benzene rings is 1. The van der Waals surface area contributed by atoms with Gasteiger partial charge in [0.25, 0.3) is 0 Å². The molecule has 134 valence electrons. The van der Waals surface area contributed by atoms with E-state index in [1.165, 1.54) is 18.8 Å². The molecular formula is C15H16Cl2N4O4. The van der Waals surface area contributed by atoms with E-state index in [1.54, 1.807) is 24.4 Å². The van der Waals surface area contributed by atoms with Crippen LogP contribution < -0.4 is 10.6 Å².